The number of hydrogen-bond donors (Lipinski definition) is 3. The molecule has 0 aliphatic heterocycles. The molecule has 0 unspecified atom stereocenters. The van der Waals surface area contributed by atoms with Crippen LogP contribution in [-0.4, -0.2) is 15.9 Å². The number of anilines is 1. The lowest BCUT2D eigenvalue weighted by Crippen LogP contribution is -2.00. The van der Waals surface area contributed by atoms with E-state index in [4.69, 9.17) is 5.73 Å². The van der Waals surface area contributed by atoms with Gasteiger partial charge < -0.3 is 15.8 Å². The quantitative estimate of drug-likeness (QED) is 0.484. The van der Waals surface area contributed by atoms with E-state index in [0.717, 1.165) is 0 Å². The number of hydrogen-bond acceptors (Lipinski definition) is 3. The SMILES string of the molecule is Nc1ccc2[nH]c(O)c(C(=O)c3ccccc3)c2c1. The smallest absolute Gasteiger partial charge is 0.200 e. The molecular weight excluding hydrogens is 240 g/mol. The van der Waals surface area contributed by atoms with E-state index in [9.17, 15) is 9.90 Å². The summed E-state index contributed by atoms with van der Waals surface area (Å²) in [5.74, 6) is -0.357. The number of aromatic nitrogens is 1. The Hall–Kier alpha value is -2.75. The van der Waals surface area contributed by atoms with Gasteiger partial charge >= 0.3 is 0 Å². The number of fused-ring (bicyclic) bond motifs is 1. The number of nitrogens with two attached hydrogens (primary N) is 1. The number of nitrogens with one attached hydrogen (secondary N) is 1. The Morgan fingerprint density at radius 3 is 2.58 bits per heavy atom. The minimum atomic E-state index is -0.227. The molecule has 4 nitrogen and oxygen atoms in total. The van der Waals surface area contributed by atoms with E-state index in [1.807, 2.05) is 6.07 Å². The highest BCUT2D eigenvalue weighted by Gasteiger charge is 2.19. The highest BCUT2D eigenvalue weighted by molar-refractivity contribution is 6.18. The molecule has 0 fully saturated rings. The van der Waals surface area contributed by atoms with Crippen LogP contribution in [-0.2, 0) is 0 Å². The van der Waals surface area contributed by atoms with Crippen molar-refractivity contribution >= 4 is 22.4 Å². The van der Waals surface area contributed by atoms with Crippen molar-refractivity contribution < 1.29 is 9.90 Å². The van der Waals surface area contributed by atoms with Crippen LogP contribution in [0.15, 0.2) is 48.5 Å². The Labute approximate surface area is 109 Å². The molecule has 3 aromatic rings. The third-order valence-corrected chi connectivity index (χ3v) is 3.07. The zero-order valence-corrected chi connectivity index (χ0v) is 10.1. The average Bonchev–Trinajstić information content (AvgIpc) is 2.74. The molecule has 4 N–H and O–H groups in total. The summed E-state index contributed by atoms with van der Waals surface area (Å²) in [5.41, 5.74) is 7.76. The number of rotatable bonds is 2. The first-order valence-corrected chi connectivity index (χ1v) is 5.87. The highest BCUT2D eigenvalue weighted by Crippen LogP contribution is 2.30. The van der Waals surface area contributed by atoms with Gasteiger partial charge in [-0.1, -0.05) is 30.3 Å². The summed E-state index contributed by atoms with van der Waals surface area (Å²) in [6.45, 7) is 0. The van der Waals surface area contributed by atoms with Crippen molar-refractivity contribution in [2.45, 2.75) is 0 Å². The van der Waals surface area contributed by atoms with Crippen molar-refractivity contribution in [3.05, 3.63) is 59.7 Å². The van der Waals surface area contributed by atoms with Crippen LogP contribution in [0.2, 0.25) is 0 Å². The van der Waals surface area contributed by atoms with E-state index < -0.39 is 0 Å². The largest absolute Gasteiger partial charge is 0.494 e. The fourth-order valence-corrected chi connectivity index (χ4v) is 2.16. The van der Waals surface area contributed by atoms with Crippen molar-refractivity contribution in [1.82, 2.24) is 4.98 Å². The lowest BCUT2D eigenvalue weighted by atomic mass is 10.0. The van der Waals surface area contributed by atoms with E-state index in [1.54, 1.807) is 42.5 Å². The van der Waals surface area contributed by atoms with Crippen molar-refractivity contribution in [3.8, 4) is 5.88 Å². The first-order valence-electron chi connectivity index (χ1n) is 5.87. The molecule has 0 bridgehead atoms. The minimum absolute atomic E-state index is 0.130. The van der Waals surface area contributed by atoms with Gasteiger partial charge in [0.2, 0.25) is 5.88 Å². The molecule has 4 heteroatoms. The summed E-state index contributed by atoms with van der Waals surface area (Å²) in [6, 6.07) is 14.0. The maximum Gasteiger partial charge on any atom is 0.200 e. The lowest BCUT2D eigenvalue weighted by Gasteiger charge is -2.00. The molecule has 3 rings (SSSR count). The Morgan fingerprint density at radius 1 is 1.11 bits per heavy atom. The number of H-pyrrole nitrogens is 1. The van der Waals surface area contributed by atoms with Gasteiger partial charge in [-0.3, -0.25) is 4.79 Å². The molecule has 0 amide bonds. The van der Waals surface area contributed by atoms with Crippen LogP contribution in [0, 0.1) is 0 Å². The zero-order chi connectivity index (χ0) is 13.4. The first-order chi connectivity index (χ1) is 9.16. The molecule has 0 radical (unpaired) electrons. The molecule has 0 atom stereocenters. The summed E-state index contributed by atoms with van der Waals surface area (Å²) in [4.78, 5) is 15.2. The molecular formula is C15H12N2O2. The van der Waals surface area contributed by atoms with E-state index in [2.05, 4.69) is 4.98 Å². The summed E-state index contributed by atoms with van der Waals surface area (Å²) >= 11 is 0. The van der Waals surface area contributed by atoms with Crippen LogP contribution < -0.4 is 5.73 Å². The van der Waals surface area contributed by atoms with Gasteiger partial charge in [0, 0.05) is 22.2 Å². The van der Waals surface area contributed by atoms with Gasteiger partial charge in [-0.25, -0.2) is 0 Å². The predicted octanol–water partition coefficient (Wildman–Crippen LogP) is 2.69. The van der Waals surface area contributed by atoms with Gasteiger partial charge in [0.1, 0.15) is 0 Å². The number of nitrogen functional groups attached to an aromatic ring is 1. The number of aromatic amines is 1. The van der Waals surface area contributed by atoms with Gasteiger partial charge in [-0.2, -0.15) is 0 Å². The van der Waals surface area contributed by atoms with Gasteiger partial charge in [0.15, 0.2) is 5.78 Å². The molecule has 1 heterocycles. The monoisotopic (exact) mass is 252 g/mol. The minimum Gasteiger partial charge on any atom is -0.494 e. The van der Waals surface area contributed by atoms with Crippen LogP contribution in [0.5, 0.6) is 5.88 Å². The molecule has 1 aromatic heterocycles. The maximum atomic E-state index is 12.4. The van der Waals surface area contributed by atoms with E-state index in [-0.39, 0.29) is 17.2 Å². The van der Waals surface area contributed by atoms with E-state index >= 15 is 0 Å². The van der Waals surface area contributed by atoms with Gasteiger partial charge in [-0.05, 0) is 18.2 Å². The Bertz CT molecular complexity index is 760. The van der Waals surface area contributed by atoms with Crippen LogP contribution in [0.4, 0.5) is 5.69 Å². The van der Waals surface area contributed by atoms with Crippen LogP contribution >= 0.6 is 0 Å². The van der Waals surface area contributed by atoms with Crippen LogP contribution in [0.1, 0.15) is 15.9 Å². The van der Waals surface area contributed by atoms with Gasteiger partial charge in [0.25, 0.3) is 0 Å². The molecule has 94 valence electrons. The number of ketones is 1. The topological polar surface area (TPSA) is 79.1 Å². The molecule has 19 heavy (non-hydrogen) atoms. The fraction of sp³-hybridized carbons (Fsp3) is 0. The molecule has 0 aliphatic carbocycles. The molecule has 0 saturated heterocycles. The Balaban J connectivity index is 2.22. The van der Waals surface area contributed by atoms with Gasteiger partial charge in [-0.15, -0.1) is 0 Å². The Kier molecular flexibility index (Phi) is 2.49. The Morgan fingerprint density at radius 2 is 1.84 bits per heavy atom. The predicted molar refractivity (Wildman–Crippen MR) is 74.3 cm³/mol. The zero-order valence-electron chi connectivity index (χ0n) is 10.1. The second-order valence-corrected chi connectivity index (χ2v) is 4.35. The third-order valence-electron chi connectivity index (χ3n) is 3.07. The van der Waals surface area contributed by atoms with Crippen molar-refractivity contribution in [3.63, 3.8) is 0 Å². The second-order valence-electron chi connectivity index (χ2n) is 4.35. The van der Waals surface area contributed by atoms with Gasteiger partial charge in [0.05, 0.1) is 5.56 Å². The van der Waals surface area contributed by atoms with Crippen molar-refractivity contribution in [2.24, 2.45) is 0 Å². The lowest BCUT2D eigenvalue weighted by molar-refractivity contribution is 0.103. The molecule has 0 aliphatic rings. The van der Waals surface area contributed by atoms with Crippen LogP contribution in [0.3, 0.4) is 0 Å². The standard InChI is InChI=1S/C15H12N2O2/c16-10-6-7-12-11(8-10)13(15(19)17-12)14(18)9-4-2-1-3-5-9/h1-8,17,19H,16H2. The summed E-state index contributed by atoms with van der Waals surface area (Å²) in [5, 5.41) is 10.6. The molecule has 0 saturated carbocycles. The second kappa shape index (κ2) is 4.17. The highest BCUT2D eigenvalue weighted by atomic mass is 16.3. The maximum absolute atomic E-state index is 12.4. The summed E-state index contributed by atoms with van der Waals surface area (Å²) in [7, 11) is 0. The number of aromatic hydroxyl groups is 1. The summed E-state index contributed by atoms with van der Waals surface area (Å²) in [6.07, 6.45) is 0. The van der Waals surface area contributed by atoms with E-state index in [1.165, 1.54) is 0 Å². The fourth-order valence-electron chi connectivity index (χ4n) is 2.16. The van der Waals surface area contributed by atoms with Crippen molar-refractivity contribution in [1.29, 1.82) is 0 Å². The number of benzene rings is 2. The summed E-state index contributed by atoms with van der Waals surface area (Å²) < 4.78 is 0. The number of carbonyl (C=O) groups excluding carboxylic acids is 1. The molecule has 0 spiro atoms. The van der Waals surface area contributed by atoms with Crippen LogP contribution in [0.25, 0.3) is 10.9 Å². The first kappa shape index (κ1) is 11.3. The number of carbonyl (C=O) groups is 1. The van der Waals surface area contributed by atoms with E-state index in [0.29, 0.717) is 22.2 Å². The van der Waals surface area contributed by atoms with Crippen molar-refractivity contribution in [2.75, 3.05) is 5.73 Å². The normalized spacial score (nSPS) is 10.7. The third kappa shape index (κ3) is 1.83. The molecule has 2 aromatic carbocycles. The average molecular weight is 252 g/mol.